The van der Waals surface area contributed by atoms with Gasteiger partial charge < -0.3 is 15.0 Å². The number of morpholine rings is 1. The van der Waals surface area contributed by atoms with E-state index in [0.717, 1.165) is 19.5 Å². The largest absolute Gasteiger partial charge is 0.378 e. The van der Waals surface area contributed by atoms with E-state index in [1.54, 1.807) is 12.4 Å². The van der Waals surface area contributed by atoms with Crippen LogP contribution in [0.3, 0.4) is 0 Å². The van der Waals surface area contributed by atoms with E-state index in [-0.39, 0.29) is 5.91 Å². The molecule has 1 aromatic carbocycles. The van der Waals surface area contributed by atoms with Gasteiger partial charge in [-0.15, -0.1) is 0 Å². The van der Waals surface area contributed by atoms with E-state index in [1.165, 1.54) is 5.56 Å². The van der Waals surface area contributed by atoms with Crippen LogP contribution in [0.2, 0.25) is 0 Å². The third-order valence-corrected chi connectivity index (χ3v) is 3.81. The second-order valence-electron chi connectivity index (χ2n) is 5.38. The van der Waals surface area contributed by atoms with Gasteiger partial charge in [-0.05, 0) is 24.1 Å². The average Bonchev–Trinajstić information content (AvgIpc) is 2.63. The van der Waals surface area contributed by atoms with Gasteiger partial charge in [0.2, 0.25) is 5.95 Å². The molecular formula is C17H20N4O2. The van der Waals surface area contributed by atoms with Crippen LogP contribution in [0.4, 0.5) is 11.6 Å². The van der Waals surface area contributed by atoms with Gasteiger partial charge >= 0.3 is 0 Å². The monoisotopic (exact) mass is 312 g/mol. The summed E-state index contributed by atoms with van der Waals surface area (Å²) in [6, 6.07) is 7.59. The quantitative estimate of drug-likeness (QED) is 0.937. The van der Waals surface area contributed by atoms with Gasteiger partial charge in [-0.2, -0.15) is 0 Å². The van der Waals surface area contributed by atoms with Gasteiger partial charge in [-0.1, -0.05) is 19.1 Å². The van der Waals surface area contributed by atoms with Gasteiger partial charge in [0.05, 0.1) is 31.3 Å². The van der Waals surface area contributed by atoms with Crippen molar-refractivity contribution in [3.63, 3.8) is 0 Å². The Hall–Kier alpha value is -2.47. The molecule has 2 aromatic rings. The van der Waals surface area contributed by atoms with Crippen LogP contribution in [0, 0.1) is 0 Å². The molecule has 1 N–H and O–H groups in total. The summed E-state index contributed by atoms with van der Waals surface area (Å²) in [4.78, 5) is 22.9. The number of anilines is 2. The summed E-state index contributed by atoms with van der Waals surface area (Å²) in [7, 11) is 0. The minimum absolute atomic E-state index is 0.157. The van der Waals surface area contributed by atoms with Crippen LogP contribution in [0.5, 0.6) is 0 Å². The fourth-order valence-electron chi connectivity index (χ4n) is 2.41. The molecule has 0 spiro atoms. The molecule has 1 aliphatic rings. The van der Waals surface area contributed by atoms with E-state index in [4.69, 9.17) is 4.74 Å². The van der Waals surface area contributed by atoms with E-state index >= 15 is 0 Å². The van der Waals surface area contributed by atoms with Crippen LogP contribution in [-0.4, -0.2) is 42.2 Å². The van der Waals surface area contributed by atoms with Crippen molar-refractivity contribution < 1.29 is 9.53 Å². The second kappa shape index (κ2) is 7.19. The first-order valence-electron chi connectivity index (χ1n) is 7.81. The zero-order chi connectivity index (χ0) is 16.1. The Morgan fingerprint density at radius 2 is 1.83 bits per heavy atom. The summed E-state index contributed by atoms with van der Waals surface area (Å²) in [5, 5.41) is 2.82. The number of aryl methyl sites for hydroxylation is 1. The van der Waals surface area contributed by atoms with E-state index in [1.807, 2.05) is 24.3 Å². The number of rotatable bonds is 4. The van der Waals surface area contributed by atoms with E-state index in [2.05, 4.69) is 27.1 Å². The number of nitrogens with one attached hydrogen (secondary N) is 1. The number of nitrogens with zero attached hydrogens (tertiary/aromatic N) is 3. The second-order valence-corrected chi connectivity index (χ2v) is 5.38. The highest BCUT2D eigenvalue weighted by atomic mass is 16.5. The minimum atomic E-state index is -0.157. The van der Waals surface area contributed by atoms with Crippen LogP contribution >= 0.6 is 0 Å². The van der Waals surface area contributed by atoms with Gasteiger partial charge in [0, 0.05) is 18.7 Å². The van der Waals surface area contributed by atoms with Crippen molar-refractivity contribution in [3.05, 3.63) is 47.8 Å². The Balaban J connectivity index is 1.63. The SMILES string of the molecule is CCc1ccc(C(=O)Nc2cnc(N3CCOCC3)nc2)cc1. The van der Waals surface area contributed by atoms with Gasteiger partial charge in [0.25, 0.3) is 5.91 Å². The van der Waals surface area contributed by atoms with Gasteiger partial charge in [0.15, 0.2) is 0 Å². The lowest BCUT2D eigenvalue weighted by Crippen LogP contribution is -2.37. The Morgan fingerprint density at radius 1 is 1.17 bits per heavy atom. The van der Waals surface area contributed by atoms with Crippen molar-refractivity contribution in [1.29, 1.82) is 0 Å². The van der Waals surface area contributed by atoms with Gasteiger partial charge in [0.1, 0.15) is 0 Å². The molecule has 3 rings (SSSR count). The number of ether oxygens (including phenoxy) is 1. The summed E-state index contributed by atoms with van der Waals surface area (Å²) >= 11 is 0. The summed E-state index contributed by atoms with van der Waals surface area (Å²) in [5.41, 5.74) is 2.42. The van der Waals surface area contributed by atoms with Gasteiger partial charge in [-0.3, -0.25) is 4.79 Å². The number of aromatic nitrogens is 2. The molecule has 0 atom stereocenters. The number of hydrogen-bond acceptors (Lipinski definition) is 5. The normalized spacial score (nSPS) is 14.6. The maximum atomic E-state index is 12.2. The smallest absolute Gasteiger partial charge is 0.255 e. The highest BCUT2D eigenvalue weighted by Gasteiger charge is 2.14. The zero-order valence-electron chi connectivity index (χ0n) is 13.2. The van der Waals surface area contributed by atoms with Crippen molar-refractivity contribution in [2.45, 2.75) is 13.3 Å². The molecule has 0 aliphatic carbocycles. The lowest BCUT2D eigenvalue weighted by molar-refractivity contribution is 0.102. The summed E-state index contributed by atoms with van der Waals surface area (Å²) in [6.45, 7) is 5.04. The predicted octanol–water partition coefficient (Wildman–Crippen LogP) is 2.13. The molecule has 0 unspecified atom stereocenters. The van der Waals surface area contributed by atoms with Crippen LogP contribution in [0.15, 0.2) is 36.7 Å². The molecule has 1 aliphatic heterocycles. The number of benzene rings is 1. The third kappa shape index (κ3) is 3.84. The van der Waals surface area contributed by atoms with Crippen molar-refractivity contribution in [1.82, 2.24) is 9.97 Å². The lowest BCUT2D eigenvalue weighted by Gasteiger charge is -2.26. The molecule has 2 heterocycles. The molecule has 1 saturated heterocycles. The Labute approximate surface area is 135 Å². The molecule has 6 heteroatoms. The fraction of sp³-hybridized carbons (Fsp3) is 0.353. The zero-order valence-corrected chi connectivity index (χ0v) is 13.2. The molecule has 1 amide bonds. The van der Waals surface area contributed by atoms with Crippen molar-refractivity contribution in [2.24, 2.45) is 0 Å². The third-order valence-electron chi connectivity index (χ3n) is 3.81. The van der Waals surface area contributed by atoms with E-state index < -0.39 is 0 Å². The van der Waals surface area contributed by atoms with Crippen molar-refractivity contribution in [2.75, 3.05) is 36.5 Å². The summed E-state index contributed by atoms with van der Waals surface area (Å²) < 4.78 is 5.31. The first-order valence-corrected chi connectivity index (χ1v) is 7.81. The molecule has 0 bridgehead atoms. The molecule has 6 nitrogen and oxygen atoms in total. The molecule has 1 fully saturated rings. The number of amides is 1. The molecular weight excluding hydrogens is 292 g/mol. The Kier molecular flexibility index (Phi) is 4.83. The first-order chi connectivity index (χ1) is 11.3. The molecule has 0 radical (unpaired) electrons. The first kappa shape index (κ1) is 15.4. The topological polar surface area (TPSA) is 67.4 Å². The summed E-state index contributed by atoms with van der Waals surface area (Å²) in [6.07, 6.45) is 4.23. The van der Waals surface area contributed by atoms with Crippen LogP contribution in [0.1, 0.15) is 22.8 Å². The molecule has 0 saturated carbocycles. The molecule has 120 valence electrons. The van der Waals surface area contributed by atoms with Crippen molar-refractivity contribution in [3.8, 4) is 0 Å². The maximum Gasteiger partial charge on any atom is 0.255 e. The Bertz CT molecular complexity index is 649. The number of carbonyl (C=O) groups is 1. The van der Waals surface area contributed by atoms with Crippen LogP contribution in [0.25, 0.3) is 0 Å². The fourth-order valence-corrected chi connectivity index (χ4v) is 2.41. The van der Waals surface area contributed by atoms with Crippen molar-refractivity contribution >= 4 is 17.5 Å². The highest BCUT2D eigenvalue weighted by Crippen LogP contribution is 2.13. The number of carbonyl (C=O) groups excluding carboxylic acids is 1. The maximum absolute atomic E-state index is 12.2. The molecule has 23 heavy (non-hydrogen) atoms. The van der Waals surface area contributed by atoms with Gasteiger partial charge in [-0.25, -0.2) is 9.97 Å². The standard InChI is InChI=1S/C17H20N4O2/c1-2-13-3-5-14(6-4-13)16(22)20-15-11-18-17(19-12-15)21-7-9-23-10-8-21/h3-6,11-12H,2,7-10H2,1H3,(H,20,22). The predicted molar refractivity (Wildman–Crippen MR) is 88.8 cm³/mol. The lowest BCUT2D eigenvalue weighted by atomic mass is 10.1. The van der Waals surface area contributed by atoms with E-state index in [0.29, 0.717) is 30.4 Å². The Morgan fingerprint density at radius 3 is 2.43 bits per heavy atom. The van der Waals surface area contributed by atoms with Crippen LogP contribution in [-0.2, 0) is 11.2 Å². The molecule has 1 aromatic heterocycles. The number of hydrogen-bond donors (Lipinski definition) is 1. The van der Waals surface area contributed by atoms with E-state index in [9.17, 15) is 4.79 Å². The average molecular weight is 312 g/mol. The minimum Gasteiger partial charge on any atom is -0.378 e. The summed E-state index contributed by atoms with van der Waals surface area (Å²) in [5.74, 6) is 0.508. The van der Waals surface area contributed by atoms with Crippen LogP contribution < -0.4 is 10.2 Å². The highest BCUT2D eigenvalue weighted by molar-refractivity contribution is 6.04.